The highest BCUT2D eigenvalue weighted by atomic mass is 32.2. The summed E-state index contributed by atoms with van der Waals surface area (Å²) in [6.45, 7) is 2.85. The number of thiophene rings is 1. The molecule has 0 N–H and O–H groups in total. The Balaban J connectivity index is 1.53. The van der Waals surface area contributed by atoms with Gasteiger partial charge in [-0.3, -0.25) is 18.6 Å². The summed E-state index contributed by atoms with van der Waals surface area (Å²) in [5.41, 5.74) is 1.99. The Morgan fingerprint density at radius 2 is 2.03 bits per heavy atom. The molecule has 0 saturated carbocycles. The van der Waals surface area contributed by atoms with Gasteiger partial charge in [0, 0.05) is 34.8 Å². The first-order valence-electron chi connectivity index (χ1n) is 10.8. The second-order valence-electron chi connectivity index (χ2n) is 7.88. The first-order valence-corrected chi connectivity index (χ1v) is 13.5. The number of unbranched alkanes of at least 4 members (excludes halogenated alkanes) is 2. The van der Waals surface area contributed by atoms with Gasteiger partial charge < -0.3 is 0 Å². The summed E-state index contributed by atoms with van der Waals surface area (Å²) in [5.74, 6) is 0.514. The zero-order chi connectivity index (χ0) is 21.4. The summed E-state index contributed by atoms with van der Waals surface area (Å²) < 4.78 is 3.42. The SMILES string of the molecule is CCCCCn1c(SCc2cc(=O)n3ccsc3n2)nc2sc3c(c2c1=O)CCCC3. The van der Waals surface area contributed by atoms with Gasteiger partial charge in [-0.2, -0.15) is 0 Å². The molecule has 1 aliphatic carbocycles. The number of fused-ring (bicyclic) bond motifs is 4. The molecule has 0 unspecified atom stereocenters. The van der Waals surface area contributed by atoms with Crippen LogP contribution in [0.5, 0.6) is 0 Å². The maximum Gasteiger partial charge on any atom is 0.263 e. The van der Waals surface area contributed by atoms with E-state index in [1.165, 1.54) is 40.0 Å². The van der Waals surface area contributed by atoms with E-state index in [9.17, 15) is 9.59 Å². The van der Waals surface area contributed by atoms with Crippen LogP contribution in [0.15, 0.2) is 32.4 Å². The number of aromatic nitrogens is 4. The normalized spacial score (nSPS) is 13.8. The highest BCUT2D eigenvalue weighted by molar-refractivity contribution is 7.98. The van der Waals surface area contributed by atoms with Crippen molar-refractivity contribution in [2.24, 2.45) is 0 Å². The number of hydrogen-bond donors (Lipinski definition) is 0. The zero-order valence-corrected chi connectivity index (χ0v) is 19.9. The lowest BCUT2D eigenvalue weighted by Crippen LogP contribution is -2.24. The first kappa shape index (κ1) is 20.9. The van der Waals surface area contributed by atoms with Gasteiger partial charge in [-0.15, -0.1) is 22.7 Å². The smallest absolute Gasteiger partial charge is 0.263 e. The number of hydrogen-bond acceptors (Lipinski definition) is 7. The molecule has 31 heavy (non-hydrogen) atoms. The third-order valence-corrected chi connectivity index (χ3v) is 8.68. The molecule has 4 aromatic heterocycles. The summed E-state index contributed by atoms with van der Waals surface area (Å²) in [6, 6.07) is 1.58. The average molecular weight is 473 g/mol. The molecule has 0 aliphatic heterocycles. The number of aryl methyl sites for hydroxylation is 2. The lowest BCUT2D eigenvalue weighted by molar-refractivity contribution is 0.541. The van der Waals surface area contributed by atoms with Crippen LogP contribution in [0.3, 0.4) is 0 Å². The van der Waals surface area contributed by atoms with E-state index in [0.717, 1.165) is 59.6 Å². The van der Waals surface area contributed by atoms with Crippen LogP contribution in [0.4, 0.5) is 0 Å². The molecule has 0 atom stereocenters. The van der Waals surface area contributed by atoms with Gasteiger partial charge in [-0.1, -0.05) is 31.5 Å². The number of thiazole rings is 1. The Morgan fingerprint density at radius 1 is 1.16 bits per heavy atom. The predicted molar refractivity (Wildman–Crippen MR) is 129 cm³/mol. The molecular formula is C22H24N4O2S3. The molecule has 0 fully saturated rings. The monoisotopic (exact) mass is 472 g/mol. The van der Waals surface area contributed by atoms with Crippen molar-refractivity contribution in [1.29, 1.82) is 0 Å². The van der Waals surface area contributed by atoms with Crippen molar-refractivity contribution in [3.8, 4) is 0 Å². The fraction of sp³-hybridized carbons (Fsp3) is 0.455. The molecule has 9 heteroatoms. The predicted octanol–water partition coefficient (Wildman–Crippen LogP) is 4.89. The maximum absolute atomic E-state index is 13.5. The molecule has 0 saturated heterocycles. The van der Waals surface area contributed by atoms with Crippen LogP contribution in [0.2, 0.25) is 0 Å². The Kier molecular flexibility index (Phi) is 5.99. The standard InChI is InChI=1S/C22H24N4O2S3/c1-2-3-6-9-26-20(28)18-15-7-4-5-8-16(15)31-19(18)24-22(26)30-13-14-12-17(27)25-10-11-29-21(25)23-14/h10-12H,2-9,13H2,1H3. The van der Waals surface area contributed by atoms with Gasteiger partial charge in [0.25, 0.3) is 11.1 Å². The third kappa shape index (κ3) is 3.99. The van der Waals surface area contributed by atoms with E-state index in [1.807, 2.05) is 9.95 Å². The van der Waals surface area contributed by atoms with Crippen molar-refractivity contribution in [2.45, 2.75) is 69.3 Å². The van der Waals surface area contributed by atoms with Gasteiger partial charge in [-0.05, 0) is 37.7 Å². The Bertz CT molecular complexity index is 1370. The lowest BCUT2D eigenvalue weighted by Gasteiger charge is -2.13. The Hall–Kier alpha value is -1.97. The van der Waals surface area contributed by atoms with Gasteiger partial charge in [0.1, 0.15) is 4.83 Å². The molecule has 0 radical (unpaired) electrons. The Morgan fingerprint density at radius 3 is 2.90 bits per heavy atom. The molecule has 162 valence electrons. The van der Waals surface area contributed by atoms with Crippen LogP contribution >= 0.6 is 34.4 Å². The lowest BCUT2D eigenvalue weighted by atomic mass is 9.97. The van der Waals surface area contributed by atoms with Gasteiger partial charge in [0.2, 0.25) is 0 Å². The van der Waals surface area contributed by atoms with Crippen molar-refractivity contribution >= 4 is 49.6 Å². The van der Waals surface area contributed by atoms with Crippen molar-refractivity contribution in [1.82, 2.24) is 18.9 Å². The Labute approximate surface area is 192 Å². The van der Waals surface area contributed by atoms with Gasteiger partial charge >= 0.3 is 0 Å². The van der Waals surface area contributed by atoms with Gasteiger partial charge in [0.05, 0.1) is 11.1 Å². The van der Waals surface area contributed by atoms with Crippen molar-refractivity contribution < 1.29 is 0 Å². The molecule has 1 aliphatic rings. The van der Waals surface area contributed by atoms with E-state index in [0.29, 0.717) is 17.3 Å². The van der Waals surface area contributed by atoms with Crippen LogP contribution in [-0.4, -0.2) is 18.9 Å². The van der Waals surface area contributed by atoms with Crippen LogP contribution in [0.25, 0.3) is 15.2 Å². The van der Waals surface area contributed by atoms with Crippen molar-refractivity contribution in [3.63, 3.8) is 0 Å². The molecular weight excluding hydrogens is 448 g/mol. The minimum atomic E-state index is -0.0727. The fourth-order valence-electron chi connectivity index (χ4n) is 4.15. The summed E-state index contributed by atoms with van der Waals surface area (Å²) in [6.07, 6.45) is 9.29. The largest absolute Gasteiger partial charge is 0.287 e. The minimum Gasteiger partial charge on any atom is -0.287 e. The van der Waals surface area contributed by atoms with E-state index in [4.69, 9.17) is 4.98 Å². The molecule has 6 nitrogen and oxygen atoms in total. The summed E-state index contributed by atoms with van der Waals surface area (Å²) in [5, 5.41) is 3.44. The average Bonchev–Trinajstić information content (AvgIpc) is 3.38. The second-order valence-corrected chi connectivity index (χ2v) is 10.8. The van der Waals surface area contributed by atoms with Gasteiger partial charge in [-0.25, -0.2) is 9.97 Å². The number of thioether (sulfide) groups is 1. The van der Waals surface area contributed by atoms with Crippen LogP contribution in [-0.2, 0) is 25.1 Å². The van der Waals surface area contributed by atoms with Crippen LogP contribution in [0, 0.1) is 0 Å². The van der Waals surface area contributed by atoms with E-state index in [-0.39, 0.29) is 11.1 Å². The van der Waals surface area contributed by atoms with E-state index >= 15 is 0 Å². The van der Waals surface area contributed by atoms with E-state index in [2.05, 4.69) is 11.9 Å². The third-order valence-electron chi connectivity index (χ3n) is 5.73. The molecule has 0 amide bonds. The summed E-state index contributed by atoms with van der Waals surface area (Å²) in [7, 11) is 0. The number of rotatable bonds is 7. The van der Waals surface area contributed by atoms with Crippen molar-refractivity contribution in [2.75, 3.05) is 0 Å². The quantitative estimate of drug-likeness (QED) is 0.218. The molecule has 0 spiro atoms. The molecule has 4 aromatic rings. The van der Waals surface area contributed by atoms with E-state index in [1.54, 1.807) is 28.0 Å². The highest BCUT2D eigenvalue weighted by Gasteiger charge is 2.22. The first-order chi connectivity index (χ1) is 15.2. The van der Waals surface area contributed by atoms with Gasteiger partial charge in [0.15, 0.2) is 10.1 Å². The molecule has 4 heterocycles. The highest BCUT2D eigenvalue weighted by Crippen LogP contribution is 2.35. The topological polar surface area (TPSA) is 69.3 Å². The summed E-state index contributed by atoms with van der Waals surface area (Å²) >= 11 is 4.64. The van der Waals surface area contributed by atoms with Crippen LogP contribution < -0.4 is 11.1 Å². The number of nitrogens with zero attached hydrogens (tertiary/aromatic N) is 4. The van der Waals surface area contributed by atoms with Crippen LogP contribution in [0.1, 0.15) is 55.2 Å². The van der Waals surface area contributed by atoms with E-state index < -0.39 is 0 Å². The summed E-state index contributed by atoms with van der Waals surface area (Å²) in [4.78, 5) is 38.3. The molecule has 0 bridgehead atoms. The fourth-order valence-corrected chi connectivity index (χ4v) is 7.11. The zero-order valence-electron chi connectivity index (χ0n) is 17.4. The molecule has 0 aromatic carbocycles. The molecule has 5 rings (SSSR count). The minimum absolute atomic E-state index is 0.0727. The van der Waals surface area contributed by atoms with Crippen molar-refractivity contribution in [3.05, 3.63) is 54.5 Å². The maximum atomic E-state index is 13.5. The second kappa shape index (κ2) is 8.88.